The van der Waals surface area contributed by atoms with Crippen LogP contribution in [0.4, 0.5) is 0 Å². The van der Waals surface area contributed by atoms with Gasteiger partial charge in [0, 0.05) is 24.7 Å². The lowest BCUT2D eigenvalue weighted by atomic mass is 10.0. The van der Waals surface area contributed by atoms with Crippen LogP contribution in [0.2, 0.25) is 0 Å². The largest absolute Gasteiger partial charge is 0.508 e. The Labute approximate surface area is 88.3 Å². The molecule has 4 heteroatoms. The van der Waals surface area contributed by atoms with Gasteiger partial charge in [-0.25, -0.2) is 0 Å². The maximum atomic E-state index is 11.9. The fourth-order valence-corrected chi connectivity index (χ4v) is 1.74. The van der Waals surface area contributed by atoms with Crippen LogP contribution in [0.25, 0.3) is 0 Å². The van der Waals surface area contributed by atoms with E-state index in [2.05, 4.69) is 0 Å². The molecule has 0 aromatic heterocycles. The molecule has 4 nitrogen and oxygen atoms in total. The van der Waals surface area contributed by atoms with E-state index in [4.69, 9.17) is 5.73 Å². The summed E-state index contributed by atoms with van der Waals surface area (Å²) in [7, 11) is 0. The first kappa shape index (κ1) is 9.98. The molecule has 1 aliphatic heterocycles. The van der Waals surface area contributed by atoms with Gasteiger partial charge in [-0.1, -0.05) is 0 Å². The van der Waals surface area contributed by atoms with E-state index < -0.39 is 0 Å². The second-order valence-electron chi connectivity index (χ2n) is 3.97. The zero-order valence-electron chi connectivity index (χ0n) is 8.60. The first-order valence-electron chi connectivity index (χ1n) is 4.92. The van der Waals surface area contributed by atoms with Gasteiger partial charge in [-0.15, -0.1) is 0 Å². The number of carbonyl (C=O) groups is 1. The molecule has 0 radical (unpaired) electrons. The summed E-state index contributed by atoms with van der Waals surface area (Å²) in [5.41, 5.74) is 7.04. The van der Waals surface area contributed by atoms with Gasteiger partial charge < -0.3 is 15.7 Å². The van der Waals surface area contributed by atoms with Crippen molar-refractivity contribution in [2.24, 2.45) is 5.73 Å². The van der Waals surface area contributed by atoms with Crippen LogP contribution in [0.15, 0.2) is 18.2 Å². The molecule has 1 aromatic rings. The summed E-state index contributed by atoms with van der Waals surface area (Å²) in [6, 6.07) is 4.88. The van der Waals surface area contributed by atoms with Crippen LogP contribution in [0.3, 0.4) is 0 Å². The molecule has 1 saturated heterocycles. The smallest absolute Gasteiger partial charge is 0.254 e. The van der Waals surface area contributed by atoms with E-state index in [-0.39, 0.29) is 17.7 Å². The van der Waals surface area contributed by atoms with Crippen molar-refractivity contribution in [3.8, 4) is 5.75 Å². The minimum Gasteiger partial charge on any atom is -0.508 e. The molecule has 0 saturated carbocycles. The molecule has 3 N–H and O–H groups in total. The maximum Gasteiger partial charge on any atom is 0.254 e. The van der Waals surface area contributed by atoms with Crippen molar-refractivity contribution >= 4 is 5.91 Å². The van der Waals surface area contributed by atoms with E-state index in [1.807, 2.05) is 6.92 Å². The third-order valence-corrected chi connectivity index (χ3v) is 2.64. The number of carbonyl (C=O) groups excluding carboxylic acids is 1. The molecule has 0 atom stereocenters. The summed E-state index contributed by atoms with van der Waals surface area (Å²) in [6.45, 7) is 3.06. The van der Waals surface area contributed by atoms with Gasteiger partial charge in [0.15, 0.2) is 0 Å². The Morgan fingerprint density at radius 3 is 2.73 bits per heavy atom. The van der Waals surface area contributed by atoms with Gasteiger partial charge >= 0.3 is 0 Å². The Kier molecular flexibility index (Phi) is 2.36. The van der Waals surface area contributed by atoms with E-state index >= 15 is 0 Å². The predicted molar refractivity (Wildman–Crippen MR) is 56.7 cm³/mol. The average Bonchev–Trinajstić information content (AvgIpc) is 2.12. The molecular weight excluding hydrogens is 192 g/mol. The number of hydrogen-bond acceptors (Lipinski definition) is 3. The van der Waals surface area contributed by atoms with Gasteiger partial charge in [-0.2, -0.15) is 0 Å². The molecule has 1 fully saturated rings. The van der Waals surface area contributed by atoms with Crippen molar-refractivity contribution in [2.45, 2.75) is 13.0 Å². The van der Waals surface area contributed by atoms with Crippen LogP contribution < -0.4 is 5.73 Å². The molecule has 0 aliphatic carbocycles. The van der Waals surface area contributed by atoms with E-state index in [0.717, 1.165) is 5.56 Å². The van der Waals surface area contributed by atoms with Crippen LogP contribution in [-0.4, -0.2) is 35.0 Å². The topological polar surface area (TPSA) is 66.6 Å². The van der Waals surface area contributed by atoms with Crippen molar-refractivity contribution in [2.75, 3.05) is 13.1 Å². The summed E-state index contributed by atoms with van der Waals surface area (Å²) >= 11 is 0. The molecule has 0 spiro atoms. The highest BCUT2D eigenvalue weighted by atomic mass is 16.3. The van der Waals surface area contributed by atoms with Crippen LogP contribution in [0.5, 0.6) is 5.75 Å². The highest BCUT2D eigenvalue weighted by Crippen LogP contribution is 2.19. The average molecular weight is 206 g/mol. The fraction of sp³-hybridized carbons (Fsp3) is 0.364. The van der Waals surface area contributed by atoms with Crippen LogP contribution in [0, 0.1) is 6.92 Å². The first-order valence-corrected chi connectivity index (χ1v) is 4.92. The molecule has 2 rings (SSSR count). The minimum absolute atomic E-state index is 0.00537. The lowest BCUT2D eigenvalue weighted by Gasteiger charge is -2.37. The number of hydrogen-bond donors (Lipinski definition) is 2. The zero-order chi connectivity index (χ0) is 11.0. The van der Waals surface area contributed by atoms with E-state index in [9.17, 15) is 9.90 Å². The highest BCUT2D eigenvalue weighted by Gasteiger charge is 2.28. The Hall–Kier alpha value is -1.55. The number of aryl methyl sites for hydroxylation is 1. The summed E-state index contributed by atoms with van der Waals surface area (Å²) in [5, 5.41) is 9.23. The molecule has 1 aromatic carbocycles. The minimum atomic E-state index is -0.00537. The fourth-order valence-electron chi connectivity index (χ4n) is 1.74. The second kappa shape index (κ2) is 3.55. The molecular formula is C11H14N2O2. The number of phenols is 1. The van der Waals surface area contributed by atoms with E-state index in [1.165, 1.54) is 6.07 Å². The molecule has 15 heavy (non-hydrogen) atoms. The molecule has 1 heterocycles. The van der Waals surface area contributed by atoms with Crippen molar-refractivity contribution in [3.63, 3.8) is 0 Å². The summed E-state index contributed by atoms with van der Waals surface area (Å²) in [5.74, 6) is 0.179. The number of aromatic hydroxyl groups is 1. The summed E-state index contributed by atoms with van der Waals surface area (Å²) in [6.07, 6.45) is 0. The van der Waals surface area contributed by atoms with Crippen LogP contribution in [-0.2, 0) is 0 Å². The van der Waals surface area contributed by atoms with Gasteiger partial charge in [-0.3, -0.25) is 4.79 Å². The van der Waals surface area contributed by atoms with Crippen molar-refractivity contribution in [3.05, 3.63) is 29.3 Å². The number of nitrogens with zero attached hydrogens (tertiary/aromatic N) is 1. The van der Waals surface area contributed by atoms with Gasteiger partial charge in [0.05, 0.1) is 0 Å². The SMILES string of the molecule is Cc1cc(O)ccc1C(=O)N1CC(N)C1. The normalized spacial score (nSPS) is 16.3. The second-order valence-corrected chi connectivity index (χ2v) is 3.97. The number of rotatable bonds is 1. The molecule has 1 aliphatic rings. The lowest BCUT2D eigenvalue weighted by Crippen LogP contribution is -2.57. The Morgan fingerprint density at radius 2 is 2.20 bits per heavy atom. The van der Waals surface area contributed by atoms with Gasteiger partial charge in [0.1, 0.15) is 5.75 Å². The third-order valence-electron chi connectivity index (χ3n) is 2.64. The molecule has 0 bridgehead atoms. The van der Waals surface area contributed by atoms with Gasteiger partial charge in [-0.05, 0) is 30.7 Å². The standard InChI is InChI=1S/C11H14N2O2/c1-7-4-9(14)2-3-10(7)11(15)13-5-8(12)6-13/h2-4,8,14H,5-6,12H2,1H3. The van der Waals surface area contributed by atoms with Gasteiger partial charge in [0.2, 0.25) is 0 Å². The Balaban J connectivity index is 2.19. The lowest BCUT2D eigenvalue weighted by molar-refractivity contribution is 0.0607. The Bertz CT molecular complexity index is 398. The quantitative estimate of drug-likeness (QED) is 0.702. The monoisotopic (exact) mass is 206 g/mol. The number of nitrogens with two attached hydrogens (primary N) is 1. The number of likely N-dealkylation sites (tertiary alicyclic amines) is 1. The molecule has 0 unspecified atom stereocenters. The zero-order valence-corrected chi connectivity index (χ0v) is 8.60. The van der Waals surface area contributed by atoms with Crippen molar-refractivity contribution in [1.29, 1.82) is 0 Å². The van der Waals surface area contributed by atoms with Gasteiger partial charge in [0.25, 0.3) is 5.91 Å². The third kappa shape index (κ3) is 1.80. The van der Waals surface area contributed by atoms with Crippen molar-refractivity contribution in [1.82, 2.24) is 4.90 Å². The van der Waals surface area contributed by atoms with Crippen LogP contribution >= 0.6 is 0 Å². The predicted octanol–water partition coefficient (Wildman–Crippen LogP) is 0.484. The number of benzene rings is 1. The Morgan fingerprint density at radius 1 is 1.53 bits per heavy atom. The van der Waals surface area contributed by atoms with Crippen molar-refractivity contribution < 1.29 is 9.90 Å². The number of amides is 1. The highest BCUT2D eigenvalue weighted by molar-refractivity contribution is 5.96. The van der Waals surface area contributed by atoms with Crippen LogP contribution in [0.1, 0.15) is 15.9 Å². The summed E-state index contributed by atoms with van der Waals surface area (Å²) < 4.78 is 0. The van der Waals surface area contributed by atoms with E-state index in [1.54, 1.807) is 17.0 Å². The first-order chi connectivity index (χ1) is 7.08. The number of phenolic OH excluding ortho intramolecular Hbond substituents is 1. The molecule has 1 amide bonds. The summed E-state index contributed by atoms with van der Waals surface area (Å²) in [4.78, 5) is 13.6. The maximum absolute atomic E-state index is 11.9. The van der Waals surface area contributed by atoms with E-state index in [0.29, 0.717) is 18.7 Å². The molecule has 80 valence electrons.